The Balaban J connectivity index is 1.33. The molecule has 1 unspecified atom stereocenters. The number of aromatic nitrogens is 2. The zero-order chi connectivity index (χ0) is 25.1. The summed E-state index contributed by atoms with van der Waals surface area (Å²) in [6.45, 7) is 1.39. The van der Waals surface area contributed by atoms with Gasteiger partial charge in [0, 0.05) is 5.39 Å². The van der Waals surface area contributed by atoms with Crippen LogP contribution in [0.1, 0.15) is 29.0 Å². The summed E-state index contributed by atoms with van der Waals surface area (Å²) < 4.78 is 6.47. The van der Waals surface area contributed by atoms with Gasteiger partial charge in [0.2, 0.25) is 0 Å². The highest BCUT2D eigenvalue weighted by atomic mass is 16.5. The smallest absolute Gasteiger partial charge is 0.359 e. The molecule has 178 valence electrons. The van der Waals surface area contributed by atoms with Gasteiger partial charge < -0.3 is 10.1 Å². The van der Waals surface area contributed by atoms with Crippen molar-refractivity contribution in [1.82, 2.24) is 15.1 Å². The van der Waals surface area contributed by atoms with Crippen LogP contribution in [-0.2, 0) is 9.53 Å². The number of esters is 1. The summed E-state index contributed by atoms with van der Waals surface area (Å²) in [5.41, 5.74) is 1.07. The Bertz CT molecular complexity index is 1640. The standard InChI is InChI=1S/C29H23N3O4/c1-19(21-16-15-20-9-5-6-10-22(20)17-21)30-26(33)18-36-29(35)27-24-13-7-8-14-25(24)28(34)32(31-27)23-11-3-2-4-12-23/h2-17,19H,18H2,1H3,(H,30,33). The molecule has 0 aliphatic carbocycles. The van der Waals surface area contributed by atoms with Gasteiger partial charge in [-0.15, -0.1) is 0 Å². The van der Waals surface area contributed by atoms with Gasteiger partial charge in [0.25, 0.3) is 11.5 Å². The van der Waals surface area contributed by atoms with E-state index in [-0.39, 0.29) is 17.3 Å². The van der Waals surface area contributed by atoms with Gasteiger partial charge in [-0.25, -0.2) is 4.79 Å². The van der Waals surface area contributed by atoms with E-state index >= 15 is 0 Å². The lowest BCUT2D eigenvalue weighted by Crippen LogP contribution is -2.32. The monoisotopic (exact) mass is 477 g/mol. The number of benzene rings is 4. The number of para-hydroxylation sites is 1. The highest BCUT2D eigenvalue weighted by Gasteiger charge is 2.20. The molecule has 1 aromatic heterocycles. The Morgan fingerprint density at radius 1 is 0.861 bits per heavy atom. The molecular formula is C29H23N3O4. The van der Waals surface area contributed by atoms with Crippen molar-refractivity contribution in [3.63, 3.8) is 0 Å². The number of amides is 1. The van der Waals surface area contributed by atoms with Crippen LogP contribution in [0.4, 0.5) is 0 Å². The molecule has 0 bridgehead atoms. The molecular weight excluding hydrogens is 454 g/mol. The number of carbonyl (C=O) groups is 2. The van der Waals surface area contributed by atoms with Gasteiger partial charge in [-0.3, -0.25) is 9.59 Å². The van der Waals surface area contributed by atoms with Gasteiger partial charge in [-0.2, -0.15) is 9.78 Å². The van der Waals surface area contributed by atoms with Gasteiger partial charge >= 0.3 is 5.97 Å². The normalized spacial score (nSPS) is 11.8. The van der Waals surface area contributed by atoms with Crippen LogP contribution >= 0.6 is 0 Å². The fourth-order valence-corrected chi connectivity index (χ4v) is 4.13. The van der Waals surface area contributed by atoms with E-state index in [1.165, 1.54) is 4.68 Å². The average Bonchev–Trinajstić information content (AvgIpc) is 2.92. The minimum absolute atomic E-state index is 0.0376. The maximum Gasteiger partial charge on any atom is 0.359 e. The molecule has 0 saturated carbocycles. The fraction of sp³-hybridized carbons (Fsp3) is 0.103. The molecule has 36 heavy (non-hydrogen) atoms. The predicted octanol–water partition coefficient (Wildman–Crippen LogP) is 4.57. The summed E-state index contributed by atoms with van der Waals surface area (Å²) >= 11 is 0. The Labute approximate surface area is 206 Å². The minimum Gasteiger partial charge on any atom is -0.451 e. The summed E-state index contributed by atoms with van der Waals surface area (Å²) in [5.74, 6) is -1.23. The number of fused-ring (bicyclic) bond motifs is 2. The molecule has 0 aliphatic heterocycles. The van der Waals surface area contributed by atoms with E-state index < -0.39 is 18.5 Å². The lowest BCUT2D eigenvalue weighted by atomic mass is 10.0. The van der Waals surface area contributed by atoms with E-state index in [1.54, 1.807) is 48.5 Å². The third kappa shape index (κ3) is 4.59. The van der Waals surface area contributed by atoms with Crippen LogP contribution in [0.2, 0.25) is 0 Å². The number of carbonyl (C=O) groups excluding carboxylic acids is 2. The minimum atomic E-state index is -0.788. The Morgan fingerprint density at radius 2 is 1.53 bits per heavy atom. The van der Waals surface area contributed by atoms with Gasteiger partial charge in [-0.05, 0) is 47.5 Å². The summed E-state index contributed by atoms with van der Waals surface area (Å²) in [4.78, 5) is 38.5. The van der Waals surface area contributed by atoms with Crippen LogP contribution in [0.5, 0.6) is 0 Å². The second kappa shape index (κ2) is 9.84. The van der Waals surface area contributed by atoms with Crippen molar-refractivity contribution in [2.75, 3.05) is 6.61 Å². The van der Waals surface area contributed by atoms with Gasteiger partial charge in [0.05, 0.1) is 17.1 Å². The van der Waals surface area contributed by atoms with Gasteiger partial charge in [0.15, 0.2) is 12.3 Å². The van der Waals surface area contributed by atoms with E-state index in [4.69, 9.17) is 4.74 Å². The summed E-state index contributed by atoms with van der Waals surface area (Å²) in [5, 5.41) is 10.0. The fourth-order valence-electron chi connectivity index (χ4n) is 4.13. The van der Waals surface area contributed by atoms with Crippen LogP contribution in [0.25, 0.3) is 27.2 Å². The van der Waals surface area contributed by atoms with Crippen molar-refractivity contribution in [3.05, 3.63) is 119 Å². The number of nitrogens with one attached hydrogen (secondary N) is 1. The Hall–Kier alpha value is -4.78. The average molecular weight is 478 g/mol. The first-order valence-electron chi connectivity index (χ1n) is 11.5. The third-order valence-corrected chi connectivity index (χ3v) is 5.98. The molecule has 1 amide bonds. The van der Waals surface area contributed by atoms with E-state index in [9.17, 15) is 14.4 Å². The summed E-state index contributed by atoms with van der Waals surface area (Å²) in [6.07, 6.45) is 0. The molecule has 7 nitrogen and oxygen atoms in total. The molecule has 5 aromatic rings. The van der Waals surface area contributed by atoms with E-state index in [0.717, 1.165) is 16.3 Å². The Morgan fingerprint density at radius 3 is 2.31 bits per heavy atom. The number of hydrogen-bond acceptors (Lipinski definition) is 5. The number of hydrogen-bond donors (Lipinski definition) is 1. The van der Waals surface area contributed by atoms with Crippen molar-refractivity contribution in [1.29, 1.82) is 0 Å². The number of rotatable bonds is 6. The van der Waals surface area contributed by atoms with E-state index in [2.05, 4.69) is 10.4 Å². The van der Waals surface area contributed by atoms with Crippen LogP contribution in [0.3, 0.4) is 0 Å². The summed E-state index contributed by atoms with van der Waals surface area (Å²) in [7, 11) is 0. The number of nitrogens with zero attached hydrogens (tertiary/aromatic N) is 2. The predicted molar refractivity (Wildman–Crippen MR) is 138 cm³/mol. The van der Waals surface area contributed by atoms with Crippen molar-refractivity contribution < 1.29 is 14.3 Å². The van der Waals surface area contributed by atoms with E-state index in [1.807, 2.05) is 55.5 Å². The van der Waals surface area contributed by atoms with Crippen molar-refractivity contribution in [2.24, 2.45) is 0 Å². The lowest BCUT2D eigenvalue weighted by molar-refractivity contribution is -0.124. The first-order valence-corrected chi connectivity index (χ1v) is 11.5. The third-order valence-electron chi connectivity index (χ3n) is 5.98. The van der Waals surface area contributed by atoms with Crippen LogP contribution in [0, 0.1) is 0 Å². The Kier molecular flexibility index (Phi) is 6.28. The molecule has 0 radical (unpaired) electrons. The zero-order valence-corrected chi connectivity index (χ0v) is 19.5. The van der Waals surface area contributed by atoms with Crippen molar-refractivity contribution in [2.45, 2.75) is 13.0 Å². The molecule has 1 atom stereocenters. The molecule has 7 heteroatoms. The molecule has 1 N–H and O–H groups in total. The number of ether oxygens (including phenoxy) is 1. The largest absolute Gasteiger partial charge is 0.451 e. The highest BCUT2D eigenvalue weighted by molar-refractivity contribution is 6.02. The zero-order valence-electron chi connectivity index (χ0n) is 19.5. The van der Waals surface area contributed by atoms with Crippen LogP contribution < -0.4 is 10.9 Å². The van der Waals surface area contributed by atoms with Crippen molar-refractivity contribution >= 4 is 33.4 Å². The second-order valence-electron chi connectivity index (χ2n) is 8.42. The van der Waals surface area contributed by atoms with E-state index in [0.29, 0.717) is 16.5 Å². The maximum absolute atomic E-state index is 13.0. The summed E-state index contributed by atoms with van der Waals surface area (Å²) in [6, 6.07) is 29.2. The quantitative estimate of drug-likeness (QED) is 0.362. The van der Waals surface area contributed by atoms with Gasteiger partial charge in [0.1, 0.15) is 0 Å². The topological polar surface area (TPSA) is 90.3 Å². The molecule has 0 saturated heterocycles. The first kappa shape index (κ1) is 23.0. The molecule has 4 aromatic carbocycles. The van der Waals surface area contributed by atoms with Crippen LogP contribution in [0.15, 0.2) is 102 Å². The molecule has 5 rings (SSSR count). The maximum atomic E-state index is 13.0. The molecule has 1 heterocycles. The second-order valence-corrected chi connectivity index (χ2v) is 8.42. The van der Waals surface area contributed by atoms with Gasteiger partial charge in [-0.1, -0.05) is 72.8 Å². The van der Waals surface area contributed by atoms with Crippen LogP contribution in [-0.4, -0.2) is 28.3 Å². The molecule has 0 aliphatic rings. The lowest BCUT2D eigenvalue weighted by Gasteiger charge is -2.15. The van der Waals surface area contributed by atoms with Crippen molar-refractivity contribution in [3.8, 4) is 5.69 Å². The first-order chi connectivity index (χ1) is 17.5. The SMILES string of the molecule is CC(NC(=O)COC(=O)c1nn(-c2ccccc2)c(=O)c2ccccc12)c1ccc2ccccc2c1. The molecule has 0 fully saturated rings. The highest BCUT2D eigenvalue weighted by Crippen LogP contribution is 2.20. The molecule has 0 spiro atoms.